The Kier molecular flexibility index (Phi) is 5.63. The van der Waals surface area contributed by atoms with Crippen LogP contribution in [-0.2, 0) is 6.54 Å². The number of aryl methyl sites for hydroxylation is 1. The van der Waals surface area contributed by atoms with Crippen molar-refractivity contribution >= 4 is 40.0 Å². The van der Waals surface area contributed by atoms with E-state index in [0.717, 1.165) is 18.9 Å². The summed E-state index contributed by atoms with van der Waals surface area (Å²) < 4.78 is 2.39. The molecular weight excluding hydrogens is 296 g/mol. The highest BCUT2D eigenvalue weighted by atomic mass is 35.5. The van der Waals surface area contributed by atoms with Gasteiger partial charge in [-0.25, -0.2) is 4.98 Å². The molecule has 0 aliphatic heterocycles. The Bertz CT molecular complexity index is 751. The summed E-state index contributed by atoms with van der Waals surface area (Å²) >= 11 is 0. The lowest BCUT2D eigenvalue weighted by Gasteiger charge is -2.10. The average Bonchev–Trinajstić information content (AvgIpc) is 2.85. The van der Waals surface area contributed by atoms with Gasteiger partial charge >= 0.3 is 0 Å². The number of aromatic nitrogens is 2. The molecule has 3 rings (SSSR count). The summed E-state index contributed by atoms with van der Waals surface area (Å²) in [6.07, 6.45) is 4.22. The molecule has 0 fully saturated rings. The van der Waals surface area contributed by atoms with E-state index in [1.165, 1.54) is 34.6 Å². The van der Waals surface area contributed by atoms with Gasteiger partial charge in [0.1, 0.15) is 0 Å². The molecule has 0 aliphatic carbocycles. The van der Waals surface area contributed by atoms with Gasteiger partial charge < -0.3 is 15.6 Å². The van der Waals surface area contributed by atoms with Crippen LogP contribution < -0.4 is 11.1 Å². The molecule has 0 bridgehead atoms. The van der Waals surface area contributed by atoms with Crippen LogP contribution in [0.15, 0.2) is 36.5 Å². The molecule has 0 spiro atoms. The highest BCUT2D eigenvalue weighted by molar-refractivity contribution is 6.11. The molecule has 3 N–H and O–H groups in total. The topological polar surface area (TPSA) is 55.9 Å². The van der Waals surface area contributed by atoms with Crippen LogP contribution in [0.2, 0.25) is 0 Å². The smallest absolute Gasteiger partial charge is 0.150 e. The van der Waals surface area contributed by atoms with Crippen molar-refractivity contribution in [3.05, 3.63) is 36.5 Å². The number of para-hydroxylation sites is 1. The zero-order valence-electron chi connectivity index (χ0n) is 12.9. The zero-order valence-corrected chi connectivity index (χ0v) is 13.7. The second kappa shape index (κ2) is 7.47. The molecule has 3 aromatic rings. The van der Waals surface area contributed by atoms with E-state index in [4.69, 9.17) is 5.73 Å². The van der Waals surface area contributed by atoms with Crippen molar-refractivity contribution in [1.29, 1.82) is 0 Å². The van der Waals surface area contributed by atoms with Crippen LogP contribution in [0, 0.1) is 0 Å². The molecule has 0 atom stereocenters. The van der Waals surface area contributed by atoms with Gasteiger partial charge in [0.2, 0.25) is 0 Å². The molecular formula is C17H23ClN4. The second-order valence-corrected chi connectivity index (χ2v) is 5.29. The van der Waals surface area contributed by atoms with Gasteiger partial charge in [0.15, 0.2) is 5.82 Å². The fourth-order valence-corrected chi connectivity index (χ4v) is 2.87. The molecule has 1 aromatic carbocycles. The van der Waals surface area contributed by atoms with Crippen LogP contribution in [-0.4, -0.2) is 22.6 Å². The Hall–Kier alpha value is -1.78. The number of halogens is 1. The summed E-state index contributed by atoms with van der Waals surface area (Å²) in [4.78, 5) is 4.52. The van der Waals surface area contributed by atoms with E-state index < -0.39 is 0 Å². The Morgan fingerprint density at radius 3 is 2.77 bits per heavy atom. The van der Waals surface area contributed by atoms with Gasteiger partial charge in [-0.05, 0) is 18.6 Å². The maximum absolute atomic E-state index is 5.62. The molecule has 2 heterocycles. The average molecular weight is 319 g/mol. The minimum atomic E-state index is 0. The standard InChI is InChI=1S/C17H22N4.ClH/c1-2-3-12-21-15-7-5-4-6-13(15)14-8-10-19-17(16(14)21)20-11-9-18;/h4-8,10H,2-3,9,11-12,18H2,1H3,(H,19,20);1H. The summed E-state index contributed by atoms with van der Waals surface area (Å²) in [5, 5.41) is 5.91. The fraction of sp³-hybridized carbons (Fsp3) is 0.353. The number of hydrogen-bond acceptors (Lipinski definition) is 3. The summed E-state index contributed by atoms with van der Waals surface area (Å²) in [6.45, 7) is 4.58. The first-order valence-corrected chi connectivity index (χ1v) is 7.66. The zero-order chi connectivity index (χ0) is 14.7. The molecule has 22 heavy (non-hydrogen) atoms. The summed E-state index contributed by atoms with van der Waals surface area (Å²) in [6, 6.07) is 10.7. The minimum Gasteiger partial charge on any atom is -0.367 e. The second-order valence-electron chi connectivity index (χ2n) is 5.29. The molecule has 4 nitrogen and oxygen atoms in total. The summed E-state index contributed by atoms with van der Waals surface area (Å²) in [5.74, 6) is 0.935. The third-order valence-electron chi connectivity index (χ3n) is 3.85. The van der Waals surface area contributed by atoms with Crippen LogP contribution in [0.5, 0.6) is 0 Å². The molecule has 118 valence electrons. The number of benzene rings is 1. The molecule has 5 heteroatoms. The van der Waals surface area contributed by atoms with Crippen LogP contribution >= 0.6 is 12.4 Å². The quantitative estimate of drug-likeness (QED) is 0.727. The van der Waals surface area contributed by atoms with Crippen LogP contribution in [0.3, 0.4) is 0 Å². The summed E-state index contributed by atoms with van der Waals surface area (Å²) in [7, 11) is 0. The SMILES string of the molecule is CCCCn1c2ccccc2c2ccnc(NCCN)c21.Cl. The van der Waals surface area contributed by atoms with Gasteiger partial charge in [-0.3, -0.25) is 0 Å². The van der Waals surface area contributed by atoms with Crippen molar-refractivity contribution in [2.75, 3.05) is 18.4 Å². The number of hydrogen-bond donors (Lipinski definition) is 2. The molecule has 0 unspecified atom stereocenters. The fourth-order valence-electron chi connectivity index (χ4n) is 2.87. The van der Waals surface area contributed by atoms with Crippen LogP contribution in [0.25, 0.3) is 21.8 Å². The molecule has 0 aliphatic rings. The lowest BCUT2D eigenvalue weighted by atomic mass is 10.2. The highest BCUT2D eigenvalue weighted by Gasteiger charge is 2.13. The van der Waals surface area contributed by atoms with Crippen molar-refractivity contribution < 1.29 is 0 Å². The number of pyridine rings is 1. The Morgan fingerprint density at radius 2 is 2.00 bits per heavy atom. The maximum atomic E-state index is 5.62. The van der Waals surface area contributed by atoms with Gasteiger partial charge in [0, 0.05) is 42.1 Å². The Labute approximate surface area is 137 Å². The Morgan fingerprint density at radius 1 is 1.18 bits per heavy atom. The van der Waals surface area contributed by atoms with E-state index in [-0.39, 0.29) is 12.4 Å². The molecule has 0 saturated carbocycles. The van der Waals surface area contributed by atoms with Crippen LogP contribution in [0.1, 0.15) is 19.8 Å². The van der Waals surface area contributed by atoms with Gasteiger partial charge in [-0.1, -0.05) is 31.5 Å². The van der Waals surface area contributed by atoms with Crippen LogP contribution in [0.4, 0.5) is 5.82 Å². The lowest BCUT2D eigenvalue weighted by molar-refractivity contribution is 0.664. The third kappa shape index (κ3) is 2.89. The van der Waals surface area contributed by atoms with Gasteiger partial charge in [-0.15, -0.1) is 12.4 Å². The number of unbranched alkanes of at least 4 members (excludes halogenated alkanes) is 1. The maximum Gasteiger partial charge on any atom is 0.150 e. The molecule has 0 saturated heterocycles. The lowest BCUT2D eigenvalue weighted by Crippen LogP contribution is -2.14. The number of fused-ring (bicyclic) bond motifs is 3. The molecule has 2 aromatic heterocycles. The van der Waals surface area contributed by atoms with E-state index >= 15 is 0 Å². The molecule has 0 radical (unpaired) electrons. The predicted molar refractivity (Wildman–Crippen MR) is 96.9 cm³/mol. The largest absolute Gasteiger partial charge is 0.367 e. The van der Waals surface area contributed by atoms with Crippen molar-refractivity contribution in [3.63, 3.8) is 0 Å². The highest BCUT2D eigenvalue weighted by Crippen LogP contribution is 2.32. The van der Waals surface area contributed by atoms with Gasteiger partial charge in [-0.2, -0.15) is 0 Å². The van der Waals surface area contributed by atoms with Crippen molar-refractivity contribution in [1.82, 2.24) is 9.55 Å². The van der Waals surface area contributed by atoms with Crippen molar-refractivity contribution in [2.24, 2.45) is 5.73 Å². The predicted octanol–water partition coefficient (Wildman–Crippen LogP) is 3.78. The van der Waals surface area contributed by atoms with Gasteiger partial charge in [0.05, 0.1) is 5.52 Å². The van der Waals surface area contributed by atoms with E-state index in [2.05, 4.69) is 52.1 Å². The molecule has 0 amide bonds. The number of nitrogens with two attached hydrogens (primary N) is 1. The first-order chi connectivity index (χ1) is 10.4. The van der Waals surface area contributed by atoms with Crippen molar-refractivity contribution in [2.45, 2.75) is 26.3 Å². The Balaban J connectivity index is 0.00000176. The van der Waals surface area contributed by atoms with Gasteiger partial charge in [0.25, 0.3) is 0 Å². The van der Waals surface area contributed by atoms with E-state index in [1.54, 1.807) is 0 Å². The number of anilines is 1. The first kappa shape index (κ1) is 16.6. The third-order valence-corrected chi connectivity index (χ3v) is 3.85. The monoisotopic (exact) mass is 318 g/mol. The normalized spacial score (nSPS) is 10.8. The van der Waals surface area contributed by atoms with E-state index in [9.17, 15) is 0 Å². The number of rotatable bonds is 6. The number of nitrogens with one attached hydrogen (secondary N) is 1. The van der Waals surface area contributed by atoms with E-state index in [1.807, 2.05) is 6.20 Å². The minimum absolute atomic E-state index is 0. The van der Waals surface area contributed by atoms with E-state index in [0.29, 0.717) is 6.54 Å². The first-order valence-electron chi connectivity index (χ1n) is 7.66. The van der Waals surface area contributed by atoms with Crippen molar-refractivity contribution in [3.8, 4) is 0 Å². The summed E-state index contributed by atoms with van der Waals surface area (Å²) in [5.41, 5.74) is 8.09. The number of nitrogens with zero attached hydrogens (tertiary/aromatic N) is 2.